The lowest BCUT2D eigenvalue weighted by Crippen LogP contribution is -2.32. The maximum absolute atomic E-state index is 12.5. The zero-order valence-corrected chi connectivity index (χ0v) is 12.2. The number of nitrogens with zero attached hydrogens (tertiary/aromatic N) is 1. The summed E-state index contributed by atoms with van der Waals surface area (Å²) >= 11 is 0. The summed E-state index contributed by atoms with van der Waals surface area (Å²) in [6.45, 7) is 6.01. The van der Waals surface area contributed by atoms with Gasteiger partial charge < -0.3 is 0 Å². The Kier molecular flexibility index (Phi) is 3.00. The molecule has 104 valence electrons. The van der Waals surface area contributed by atoms with Gasteiger partial charge in [0.1, 0.15) is 0 Å². The Morgan fingerprint density at radius 1 is 0.800 bits per heavy atom. The number of carbonyl (C=O) groups is 2. The molecule has 0 saturated heterocycles. The Labute approximate surface area is 119 Å². The fourth-order valence-electron chi connectivity index (χ4n) is 3.14. The van der Waals surface area contributed by atoms with Gasteiger partial charge in [0.15, 0.2) is 0 Å². The van der Waals surface area contributed by atoms with Crippen molar-refractivity contribution in [3.8, 4) is 0 Å². The van der Waals surface area contributed by atoms with E-state index < -0.39 is 0 Å². The smallest absolute Gasteiger partial charge is 0.261 e. The van der Waals surface area contributed by atoms with Crippen LogP contribution in [0.2, 0.25) is 0 Å². The van der Waals surface area contributed by atoms with Crippen molar-refractivity contribution in [3.63, 3.8) is 0 Å². The van der Waals surface area contributed by atoms with Crippen LogP contribution in [0.15, 0.2) is 23.3 Å². The lowest BCUT2D eigenvalue weighted by Gasteiger charge is -2.19. The molecule has 0 fully saturated rings. The molecule has 1 aliphatic carbocycles. The summed E-state index contributed by atoms with van der Waals surface area (Å²) in [4.78, 5) is 26.5. The second-order valence-electron chi connectivity index (χ2n) is 5.83. The van der Waals surface area contributed by atoms with Crippen LogP contribution in [0.4, 0.5) is 5.69 Å². The van der Waals surface area contributed by atoms with E-state index in [1.54, 1.807) is 0 Å². The number of amides is 2. The van der Waals surface area contributed by atoms with Gasteiger partial charge in [0.2, 0.25) is 0 Å². The second kappa shape index (κ2) is 4.58. The molecule has 0 atom stereocenters. The minimum absolute atomic E-state index is 0.101. The van der Waals surface area contributed by atoms with Gasteiger partial charge >= 0.3 is 0 Å². The first-order chi connectivity index (χ1) is 9.50. The largest absolute Gasteiger partial charge is 0.269 e. The molecule has 0 spiro atoms. The number of anilines is 1. The summed E-state index contributed by atoms with van der Waals surface area (Å²) in [7, 11) is 0. The average molecular weight is 269 g/mol. The Bertz CT molecular complexity index is 627. The predicted molar refractivity (Wildman–Crippen MR) is 78.6 cm³/mol. The number of rotatable bonds is 1. The van der Waals surface area contributed by atoms with Gasteiger partial charge in [-0.25, -0.2) is 4.90 Å². The van der Waals surface area contributed by atoms with Crippen LogP contribution in [0.3, 0.4) is 0 Å². The molecule has 3 heteroatoms. The number of imide groups is 1. The number of benzene rings is 1. The van der Waals surface area contributed by atoms with Gasteiger partial charge in [0.25, 0.3) is 11.8 Å². The van der Waals surface area contributed by atoms with Gasteiger partial charge in [-0.05, 0) is 69.2 Å². The van der Waals surface area contributed by atoms with Gasteiger partial charge in [0, 0.05) is 11.1 Å². The van der Waals surface area contributed by atoms with Crippen LogP contribution in [0.1, 0.15) is 42.4 Å². The van der Waals surface area contributed by atoms with Crippen LogP contribution in [0.25, 0.3) is 0 Å². The highest BCUT2D eigenvalue weighted by molar-refractivity contribution is 6.33. The van der Waals surface area contributed by atoms with E-state index in [0.29, 0.717) is 0 Å². The van der Waals surface area contributed by atoms with Crippen LogP contribution in [0, 0.1) is 20.8 Å². The third kappa shape index (κ3) is 1.80. The van der Waals surface area contributed by atoms with E-state index in [2.05, 4.69) is 0 Å². The molecule has 0 saturated carbocycles. The number of hydrogen-bond acceptors (Lipinski definition) is 2. The molecule has 20 heavy (non-hydrogen) atoms. The average Bonchev–Trinajstić information content (AvgIpc) is 2.68. The number of carbonyl (C=O) groups excluding carboxylic acids is 2. The number of hydrogen-bond donors (Lipinski definition) is 0. The number of aryl methyl sites for hydroxylation is 3. The standard InChI is InChI=1S/C17H19NO2/c1-10-8-12(3)15(9-11(10)2)18-16(19)13-6-4-5-7-14(13)17(18)20/h8-9H,4-7H2,1-3H3. The quantitative estimate of drug-likeness (QED) is 0.733. The van der Waals surface area contributed by atoms with Crippen molar-refractivity contribution in [2.45, 2.75) is 46.5 Å². The molecule has 2 aliphatic rings. The molecule has 0 N–H and O–H groups in total. The normalized spacial score (nSPS) is 18.9. The van der Waals surface area contributed by atoms with Crippen LogP contribution >= 0.6 is 0 Å². The highest BCUT2D eigenvalue weighted by atomic mass is 16.2. The molecule has 3 rings (SSSR count). The van der Waals surface area contributed by atoms with E-state index in [1.165, 1.54) is 10.5 Å². The van der Waals surface area contributed by atoms with E-state index in [4.69, 9.17) is 0 Å². The zero-order chi connectivity index (χ0) is 14.4. The molecule has 0 bridgehead atoms. The lowest BCUT2D eigenvalue weighted by molar-refractivity contribution is -0.120. The molecular formula is C17H19NO2. The summed E-state index contributed by atoms with van der Waals surface area (Å²) < 4.78 is 0. The first-order valence-corrected chi connectivity index (χ1v) is 7.19. The van der Waals surface area contributed by atoms with Crippen molar-refractivity contribution in [1.82, 2.24) is 0 Å². The van der Waals surface area contributed by atoms with Crippen LogP contribution in [-0.2, 0) is 9.59 Å². The van der Waals surface area contributed by atoms with E-state index in [-0.39, 0.29) is 11.8 Å². The first-order valence-electron chi connectivity index (χ1n) is 7.19. The highest BCUT2D eigenvalue weighted by Crippen LogP contribution is 2.37. The van der Waals surface area contributed by atoms with E-state index in [9.17, 15) is 9.59 Å². The third-order valence-corrected chi connectivity index (χ3v) is 4.44. The van der Waals surface area contributed by atoms with Crippen molar-refractivity contribution in [1.29, 1.82) is 0 Å². The summed E-state index contributed by atoms with van der Waals surface area (Å²) in [6, 6.07) is 4.00. The monoisotopic (exact) mass is 269 g/mol. The molecule has 0 unspecified atom stereocenters. The van der Waals surface area contributed by atoms with Gasteiger partial charge in [-0.15, -0.1) is 0 Å². The minimum atomic E-state index is -0.101. The summed E-state index contributed by atoms with van der Waals surface area (Å²) in [5, 5.41) is 0. The maximum atomic E-state index is 12.5. The molecule has 0 radical (unpaired) electrons. The fraction of sp³-hybridized carbons (Fsp3) is 0.412. The maximum Gasteiger partial charge on any atom is 0.261 e. The second-order valence-corrected chi connectivity index (χ2v) is 5.83. The van der Waals surface area contributed by atoms with Crippen LogP contribution in [-0.4, -0.2) is 11.8 Å². The molecule has 1 heterocycles. The van der Waals surface area contributed by atoms with Crippen molar-refractivity contribution in [2.75, 3.05) is 4.90 Å². The van der Waals surface area contributed by atoms with Crippen molar-refractivity contribution < 1.29 is 9.59 Å². The first kappa shape index (κ1) is 13.1. The Morgan fingerprint density at radius 2 is 1.30 bits per heavy atom. The van der Waals surface area contributed by atoms with Gasteiger partial charge in [-0.3, -0.25) is 9.59 Å². The van der Waals surface area contributed by atoms with E-state index >= 15 is 0 Å². The van der Waals surface area contributed by atoms with Crippen LogP contribution < -0.4 is 4.90 Å². The van der Waals surface area contributed by atoms with Gasteiger partial charge in [-0.1, -0.05) is 6.07 Å². The van der Waals surface area contributed by atoms with Gasteiger partial charge in [-0.2, -0.15) is 0 Å². The third-order valence-electron chi connectivity index (χ3n) is 4.44. The summed E-state index contributed by atoms with van der Waals surface area (Å²) in [5.41, 5.74) is 5.52. The van der Waals surface area contributed by atoms with Crippen molar-refractivity contribution >= 4 is 17.5 Å². The predicted octanol–water partition coefficient (Wildman–Crippen LogP) is 3.36. The minimum Gasteiger partial charge on any atom is -0.269 e. The van der Waals surface area contributed by atoms with Crippen molar-refractivity contribution in [2.24, 2.45) is 0 Å². The molecular weight excluding hydrogens is 250 g/mol. The lowest BCUT2D eigenvalue weighted by atomic mass is 9.93. The van der Waals surface area contributed by atoms with Crippen LogP contribution in [0.5, 0.6) is 0 Å². The highest BCUT2D eigenvalue weighted by Gasteiger charge is 2.40. The molecule has 3 nitrogen and oxygen atoms in total. The zero-order valence-electron chi connectivity index (χ0n) is 12.2. The molecule has 0 aromatic heterocycles. The Balaban J connectivity index is 2.07. The molecule has 1 aliphatic heterocycles. The Hall–Kier alpha value is -1.90. The fourth-order valence-corrected chi connectivity index (χ4v) is 3.14. The summed E-state index contributed by atoms with van der Waals surface area (Å²) in [5.74, 6) is -0.202. The topological polar surface area (TPSA) is 37.4 Å². The van der Waals surface area contributed by atoms with Crippen molar-refractivity contribution in [3.05, 3.63) is 40.0 Å². The van der Waals surface area contributed by atoms with E-state index in [1.807, 2.05) is 32.9 Å². The molecule has 2 amide bonds. The molecule has 1 aromatic rings. The summed E-state index contributed by atoms with van der Waals surface area (Å²) in [6.07, 6.45) is 3.52. The van der Waals surface area contributed by atoms with Gasteiger partial charge in [0.05, 0.1) is 5.69 Å². The molecule has 1 aromatic carbocycles. The Morgan fingerprint density at radius 3 is 1.85 bits per heavy atom. The SMILES string of the molecule is Cc1cc(C)c(N2C(=O)C3=C(CCCC3)C2=O)cc1C. The van der Waals surface area contributed by atoms with E-state index in [0.717, 1.165) is 53.6 Å².